The molecule has 4 rings (SSSR count). The van der Waals surface area contributed by atoms with Crippen LogP contribution in [0.3, 0.4) is 0 Å². The Kier molecular flexibility index (Phi) is 12.3. The number of aliphatic hydroxyl groups is 1. The molecule has 17 heteroatoms. The van der Waals surface area contributed by atoms with Crippen molar-refractivity contribution in [2.75, 3.05) is 26.2 Å². The van der Waals surface area contributed by atoms with E-state index >= 15 is 0 Å². The molecule has 2 aliphatic heterocycles. The van der Waals surface area contributed by atoms with Crippen molar-refractivity contribution in [1.82, 2.24) is 24.8 Å². The fourth-order valence-corrected chi connectivity index (χ4v) is 4.94. The first-order valence-corrected chi connectivity index (χ1v) is 13.0. The largest absolute Gasteiger partial charge is 0.490 e. The van der Waals surface area contributed by atoms with Crippen LogP contribution in [-0.4, -0.2) is 96.7 Å². The molecule has 0 amide bonds. The van der Waals surface area contributed by atoms with Gasteiger partial charge >= 0.3 is 24.3 Å². The summed E-state index contributed by atoms with van der Waals surface area (Å²) in [7, 11) is 0. The number of likely N-dealkylation sites (tertiary alicyclic amines) is 2. The first-order valence-electron chi connectivity index (χ1n) is 12.2. The Morgan fingerprint density at radius 3 is 1.82 bits per heavy atom. The normalized spacial score (nSPS) is 17.9. The molecule has 0 spiro atoms. The third-order valence-corrected chi connectivity index (χ3v) is 7.08. The van der Waals surface area contributed by atoms with E-state index in [1.165, 1.54) is 9.75 Å². The molecule has 0 radical (unpaired) electrons. The van der Waals surface area contributed by atoms with E-state index < -0.39 is 24.3 Å². The highest BCUT2D eigenvalue weighted by atomic mass is 32.1. The van der Waals surface area contributed by atoms with Crippen LogP contribution in [0, 0.1) is 6.92 Å². The summed E-state index contributed by atoms with van der Waals surface area (Å²) in [5, 5.41) is 32.7. The molecule has 0 bridgehead atoms. The van der Waals surface area contributed by atoms with Gasteiger partial charge in [-0.3, -0.25) is 9.80 Å². The fraction of sp³-hybridized carbons (Fsp3) is 0.652. The van der Waals surface area contributed by atoms with Crippen LogP contribution >= 0.6 is 11.3 Å². The molecular formula is C23H31F6N5O5S. The van der Waals surface area contributed by atoms with E-state index in [0.29, 0.717) is 6.04 Å². The SMILES string of the molecule is Cc1ccc(CN2CCC(n3cc(CN4CCC(O)CC4)nn3)CC2)s1.O=C(O)C(F)(F)F.O=C(O)C(F)(F)F. The Morgan fingerprint density at radius 1 is 0.900 bits per heavy atom. The lowest BCUT2D eigenvalue weighted by atomic mass is 10.1. The van der Waals surface area contributed by atoms with E-state index in [2.05, 4.69) is 50.0 Å². The number of aryl methyl sites for hydroxylation is 1. The van der Waals surface area contributed by atoms with Gasteiger partial charge in [0.2, 0.25) is 0 Å². The number of piperidine rings is 2. The number of halogens is 6. The highest BCUT2D eigenvalue weighted by Gasteiger charge is 2.38. The second-order valence-electron chi connectivity index (χ2n) is 9.32. The van der Waals surface area contributed by atoms with Crippen LogP contribution < -0.4 is 0 Å². The smallest absolute Gasteiger partial charge is 0.475 e. The zero-order valence-electron chi connectivity index (χ0n) is 21.5. The minimum Gasteiger partial charge on any atom is -0.475 e. The molecule has 0 saturated carbocycles. The molecule has 4 heterocycles. The zero-order valence-corrected chi connectivity index (χ0v) is 22.3. The van der Waals surface area contributed by atoms with Gasteiger partial charge in [-0.15, -0.1) is 16.4 Å². The van der Waals surface area contributed by atoms with Gasteiger partial charge in [-0.1, -0.05) is 5.21 Å². The van der Waals surface area contributed by atoms with E-state index in [4.69, 9.17) is 19.8 Å². The van der Waals surface area contributed by atoms with E-state index in [1.54, 1.807) is 0 Å². The summed E-state index contributed by atoms with van der Waals surface area (Å²) in [4.78, 5) is 25.6. The van der Waals surface area contributed by atoms with Gasteiger partial charge in [-0.2, -0.15) is 26.3 Å². The summed E-state index contributed by atoms with van der Waals surface area (Å²) in [6.45, 7) is 8.26. The van der Waals surface area contributed by atoms with Gasteiger partial charge in [0.1, 0.15) is 0 Å². The molecule has 10 nitrogen and oxygen atoms in total. The Labute approximate surface area is 229 Å². The van der Waals surface area contributed by atoms with Crippen molar-refractivity contribution in [2.24, 2.45) is 0 Å². The van der Waals surface area contributed by atoms with Crippen molar-refractivity contribution >= 4 is 23.3 Å². The highest BCUT2D eigenvalue weighted by molar-refractivity contribution is 7.11. The standard InChI is InChI=1S/C19H29N5OS.2C2HF3O2/c1-15-2-3-19(26-15)14-23-8-4-17(5-9-23)24-13-16(20-21-24)12-22-10-6-18(25)7-11-22;2*3-2(4,5)1(6)7/h2-3,13,17-18,25H,4-12,14H2,1H3;2*(H,6,7). The van der Waals surface area contributed by atoms with Crippen LogP contribution in [0.15, 0.2) is 18.3 Å². The summed E-state index contributed by atoms with van der Waals surface area (Å²) >= 11 is 1.91. The molecule has 0 aromatic carbocycles. The molecule has 3 N–H and O–H groups in total. The minimum atomic E-state index is -5.08. The van der Waals surface area contributed by atoms with Crippen LogP contribution in [0.1, 0.15) is 47.2 Å². The van der Waals surface area contributed by atoms with Gasteiger partial charge in [-0.25, -0.2) is 14.3 Å². The number of carbonyl (C=O) groups is 2. The second-order valence-corrected chi connectivity index (χ2v) is 10.7. The maximum atomic E-state index is 10.6. The van der Waals surface area contributed by atoms with Gasteiger partial charge in [0.05, 0.1) is 24.0 Å². The molecule has 40 heavy (non-hydrogen) atoms. The van der Waals surface area contributed by atoms with E-state index in [1.807, 2.05) is 11.3 Å². The number of carboxylic acids is 2. The van der Waals surface area contributed by atoms with Crippen molar-refractivity contribution in [3.63, 3.8) is 0 Å². The number of aromatic nitrogens is 3. The van der Waals surface area contributed by atoms with Crippen molar-refractivity contribution in [1.29, 1.82) is 0 Å². The lowest BCUT2D eigenvalue weighted by molar-refractivity contribution is -0.193. The van der Waals surface area contributed by atoms with Crippen molar-refractivity contribution < 1.29 is 51.3 Å². The Bertz CT molecular complexity index is 1050. The molecule has 2 aromatic heterocycles. The van der Waals surface area contributed by atoms with Crippen molar-refractivity contribution in [2.45, 2.75) is 70.2 Å². The number of aliphatic carboxylic acids is 2. The topological polar surface area (TPSA) is 132 Å². The second kappa shape index (κ2) is 14.7. The minimum absolute atomic E-state index is 0.120. The summed E-state index contributed by atoms with van der Waals surface area (Å²) in [5.41, 5.74) is 1.05. The number of hydrogen-bond donors (Lipinski definition) is 3. The number of rotatable bonds is 5. The van der Waals surface area contributed by atoms with Crippen LogP contribution in [0.5, 0.6) is 0 Å². The number of nitrogens with zero attached hydrogens (tertiary/aromatic N) is 5. The van der Waals surface area contributed by atoms with Crippen LogP contribution in [-0.2, 0) is 22.7 Å². The van der Waals surface area contributed by atoms with Crippen LogP contribution in [0.2, 0.25) is 0 Å². The summed E-state index contributed by atoms with van der Waals surface area (Å²) in [6.07, 6.45) is -4.13. The molecule has 2 fully saturated rings. The molecule has 2 aliphatic rings. The zero-order chi connectivity index (χ0) is 30.1. The van der Waals surface area contributed by atoms with Gasteiger partial charge < -0.3 is 15.3 Å². The lowest BCUT2D eigenvalue weighted by Gasteiger charge is -2.31. The predicted molar refractivity (Wildman–Crippen MR) is 131 cm³/mol. The van der Waals surface area contributed by atoms with E-state index in [9.17, 15) is 31.4 Å². The van der Waals surface area contributed by atoms with Gasteiger partial charge in [0.15, 0.2) is 0 Å². The summed E-state index contributed by atoms with van der Waals surface area (Å²) in [6, 6.07) is 4.95. The summed E-state index contributed by atoms with van der Waals surface area (Å²) < 4.78 is 65.6. The molecule has 226 valence electrons. The fourth-order valence-electron chi connectivity index (χ4n) is 4.00. The first kappa shape index (κ1) is 33.4. The van der Waals surface area contributed by atoms with E-state index in [0.717, 1.165) is 70.6 Å². The maximum absolute atomic E-state index is 10.6. The molecule has 0 aliphatic carbocycles. The van der Waals surface area contributed by atoms with Gasteiger partial charge in [0.25, 0.3) is 0 Å². The van der Waals surface area contributed by atoms with Gasteiger partial charge in [-0.05, 0) is 44.7 Å². The Hall–Kier alpha value is -2.76. The summed E-state index contributed by atoms with van der Waals surface area (Å²) in [5.74, 6) is -5.51. The quantitative estimate of drug-likeness (QED) is 0.438. The molecule has 2 aromatic rings. The molecular weight excluding hydrogens is 572 g/mol. The molecule has 0 unspecified atom stereocenters. The number of alkyl halides is 6. The lowest BCUT2D eigenvalue weighted by Crippen LogP contribution is -2.35. The van der Waals surface area contributed by atoms with Crippen LogP contribution in [0.25, 0.3) is 0 Å². The number of carboxylic acid groups (broad SMARTS) is 2. The van der Waals surface area contributed by atoms with Crippen molar-refractivity contribution in [3.05, 3.63) is 33.8 Å². The number of hydrogen-bond acceptors (Lipinski definition) is 8. The van der Waals surface area contributed by atoms with Crippen molar-refractivity contribution in [3.8, 4) is 0 Å². The highest BCUT2D eigenvalue weighted by Crippen LogP contribution is 2.25. The molecule has 0 atom stereocenters. The first-order chi connectivity index (χ1) is 18.5. The third kappa shape index (κ3) is 11.8. The average Bonchev–Trinajstić information content (AvgIpc) is 3.49. The van der Waals surface area contributed by atoms with Crippen LogP contribution in [0.4, 0.5) is 26.3 Å². The Balaban J connectivity index is 0.000000333. The average molecular weight is 604 g/mol. The number of thiophene rings is 1. The maximum Gasteiger partial charge on any atom is 0.490 e. The monoisotopic (exact) mass is 603 g/mol. The number of aliphatic hydroxyl groups excluding tert-OH is 1. The third-order valence-electron chi connectivity index (χ3n) is 6.09. The molecule has 2 saturated heterocycles. The Morgan fingerprint density at radius 2 is 1.38 bits per heavy atom. The van der Waals surface area contributed by atoms with Gasteiger partial charge in [0, 0.05) is 49.0 Å². The van der Waals surface area contributed by atoms with E-state index in [-0.39, 0.29) is 6.10 Å². The predicted octanol–water partition coefficient (Wildman–Crippen LogP) is 3.71.